The molecule has 0 unspecified atom stereocenters. The molecule has 20 heavy (non-hydrogen) atoms. The maximum Gasteiger partial charge on any atom is 0.252 e. The van der Waals surface area contributed by atoms with Crippen LogP contribution >= 0.6 is 0 Å². The summed E-state index contributed by atoms with van der Waals surface area (Å²) in [6.07, 6.45) is 0.894. The van der Waals surface area contributed by atoms with Gasteiger partial charge in [-0.15, -0.1) is 0 Å². The lowest BCUT2D eigenvalue weighted by Gasteiger charge is -2.22. The normalized spacial score (nSPS) is 16.4. The summed E-state index contributed by atoms with van der Waals surface area (Å²) < 4.78 is 0. The Hall–Kier alpha value is -1.85. The zero-order valence-corrected chi connectivity index (χ0v) is 12.3. The minimum absolute atomic E-state index is 0.105. The van der Waals surface area contributed by atoms with Gasteiger partial charge in [0.2, 0.25) is 5.91 Å². The smallest absolute Gasteiger partial charge is 0.252 e. The monoisotopic (exact) mass is 278 g/mol. The molecule has 2 heterocycles. The highest BCUT2D eigenvalue weighted by Gasteiger charge is 2.18. The van der Waals surface area contributed by atoms with Gasteiger partial charge in [-0.2, -0.15) is 0 Å². The predicted octanol–water partition coefficient (Wildman–Crippen LogP) is 0.952. The van der Waals surface area contributed by atoms with Crippen molar-refractivity contribution in [3.63, 3.8) is 0 Å². The van der Waals surface area contributed by atoms with E-state index in [0.29, 0.717) is 24.7 Å². The number of H-pyrrole nitrogens is 1. The summed E-state index contributed by atoms with van der Waals surface area (Å²) in [6.45, 7) is 8.58. The Morgan fingerprint density at radius 2 is 2.05 bits per heavy atom. The largest absolute Gasteiger partial charge is 0.355 e. The van der Waals surface area contributed by atoms with Crippen molar-refractivity contribution in [2.45, 2.75) is 33.1 Å². The Morgan fingerprint density at radius 3 is 2.70 bits per heavy atom. The topological polar surface area (TPSA) is 69.3 Å². The molecule has 0 bridgehead atoms. The van der Waals surface area contributed by atoms with Gasteiger partial charge in [-0.05, 0) is 6.42 Å². The summed E-state index contributed by atoms with van der Waals surface area (Å²) in [6, 6.07) is 1.54. The lowest BCUT2D eigenvalue weighted by atomic mass is 10.2. The van der Waals surface area contributed by atoms with E-state index in [0.717, 1.165) is 19.5 Å². The van der Waals surface area contributed by atoms with Crippen molar-refractivity contribution >= 4 is 11.7 Å². The number of aromatic amines is 1. The van der Waals surface area contributed by atoms with E-state index in [2.05, 4.69) is 14.9 Å². The summed E-state index contributed by atoms with van der Waals surface area (Å²) >= 11 is 0. The van der Waals surface area contributed by atoms with E-state index >= 15 is 0 Å². The fourth-order valence-electron chi connectivity index (χ4n) is 2.36. The fraction of sp³-hybridized carbons (Fsp3) is 0.643. The SMILES string of the molecule is CC(=O)N1CCCN(c2cc(=O)[nH]c(C(C)C)n2)CC1. The van der Waals surface area contributed by atoms with Gasteiger partial charge in [0, 0.05) is 45.1 Å². The molecule has 1 aromatic rings. The first kappa shape index (κ1) is 14.6. The van der Waals surface area contributed by atoms with Gasteiger partial charge in [0.05, 0.1) is 0 Å². The summed E-state index contributed by atoms with van der Waals surface area (Å²) in [4.78, 5) is 34.4. The Morgan fingerprint density at radius 1 is 1.30 bits per heavy atom. The zero-order chi connectivity index (χ0) is 14.7. The van der Waals surface area contributed by atoms with Crippen molar-refractivity contribution in [3.05, 3.63) is 22.2 Å². The van der Waals surface area contributed by atoms with Crippen LogP contribution < -0.4 is 10.5 Å². The van der Waals surface area contributed by atoms with Crippen molar-refractivity contribution in [1.29, 1.82) is 0 Å². The average molecular weight is 278 g/mol. The number of nitrogens with zero attached hydrogens (tertiary/aromatic N) is 3. The van der Waals surface area contributed by atoms with E-state index in [9.17, 15) is 9.59 Å². The fourth-order valence-corrected chi connectivity index (χ4v) is 2.36. The quantitative estimate of drug-likeness (QED) is 0.874. The first-order valence-electron chi connectivity index (χ1n) is 7.09. The van der Waals surface area contributed by atoms with Crippen LogP contribution in [0, 0.1) is 0 Å². The second-order valence-corrected chi connectivity index (χ2v) is 5.49. The molecule has 1 aliphatic rings. The second-order valence-electron chi connectivity index (χ2n) is 5.49. The standard InChI is InChI=1S/C14H22N4O2/c1-10(2)14-15-12(9-13(20)16-14)18-6-4-5-17(7-8-18)11(3)19/h9-10H,4-8H2,1-3H3,(H,15,16,20). The van der Waals surface area contributed by atoms with Crippen molar-refractivity contribution in [1.82, 2.24) is 14.9 Å². The molecule has 0 aliphatic carbocycles. The Kier molecular flexibility index (Phi) is 4.42. The Bertz CT molecular complexity index is 538. The molecule has 6 heteroatoms. The average Bonchev–Trinajstić information content (AvgIpc) is 2.63. The molecule has 0 spiro atoms. The maximum atomic E-state index is 11.7. The number of aromatic nitrogens is 2. The van der Waals surface area contributed by atoms with Crippen molar-refractivity contribution in [2.24, 2.45) is 0 Å². The molecule has 1 aromatic heterocycles. The molecule has 1 saturated heterocycles. The van der Waals surface area contributed by atoms with Crippen LogP contribution in [0.25, 0.3) is 0 Å². The van der Waals surface area contributed by atoms with Gasteiger partial charge in [0.1, 0.15) is 11.6 Å². The minimum Gasteiger partial charge on any atom is -0.355 e. The van der Waals surface area contributed by atoms with E-state index in [-0.39, 0.29) is 17.4 Å². The second kappa shape index (κ2) is 6.07. The highest BCUT2D eigenvalue weighted by molar-refractivity contribution is 5.73. The zero-order valence-electron chi connectivity index (χ0n) is 12.3. The Labute approximate surface area is 118 Å². The first-order valence-corrected chi connectivity index (χ1v) is 7.09. The number of amides is 1. The van der Waals surface area contributed by atoms with Crippen molar-refractivity contribution in [2.75, 3.05) is 31.1 Å². The number of nitrogens with one attached hydrogen (secondary N) is 1. The van der Waals surface area contributed by atoms with Crippen molar-refractivity contribution < 1.29 is 4.79 Å². The van der Waals surface area contributed by atoms with Gasteiger partial charge < -0.3 is 14.8 Å². The molecule has 1 N–H and O–H groups in total. The molecule has 6 nitrogen and oxygen atoms in total. The Balaban J connectivity index is 2.19. The number of rotatable bonds is 2. The van der Waals surface area contributed by atoms with Gasteiger partial charge in [-0.3, -0.25) is 9.59 Å². The highest BCUT2D eigenvalue weighted by Crippen LogP contribution is 2.15. The third-order valence-electron chi connectivity index (χ3n) is 3.56. The third kappa shape index (κ3) is 3.37. The van der Waals surface area contributed by atoms with Crippen LogP contribution in [0.3, 0.4) is 0 Å². The van der Waals surface area contributed by atoms with Crippen LogP contribution in [0.15, 0.2) is 10.9 Å². The lowest BCUT2D eigenvalue weighted by molar-refractivity contribution is -0.128. The molecule has 0 atom stereocenters. The van der Waals surface area contributed by atoms with Crippen LogP contribution in [0.2, 0.25) is 0 Å². The molecule has 2 rings (SSSR count). The molecule has 0 aromatic carbocycles. The lowest BCUT2D eigenvalue weighted by Crippen LogP contribution is -2.34. The molecule has 110 valence electrons. The highest BCUT2D eigenvalue weighted by atomic mass is 16.2. The van der Waals surface area contributed by atoms with E-state index in [1.807, 2.05) is 18.7 Å². The number of hydrogen-bond acceptors (Lipinski definition) is 4. The molecule has 1 fully saturated rings. The number of anilines is 1. The van der Waals surface area contributed by atoms with Crippen LogP contribution in [0.1, 0.15) is 38.9 Å². The number of carbonyl (C=O) groups excluding carboxylic acids is 1. The van der Waals surface area contributed by atoms with Gasteiger partial charge in [-0.1, -0.05) is 13.8 Å². The van der Waals surface area contributed by atoms with E-state index in [4.69, 9.17) is 0 Å². The van der Waals surface area contributed by atoms with Crippen LogP contribution in [0.5, 0.6) is 0 Å². The van der Waals surface area contributed by atoms with Gasteiger partial charge in [-0.25, -0.2) is 4.98 Å². The first-order chi connectivity index (χ1) is 9.47. The van der Waals surface area contributed by atoms with E-state index in [1.54, 1.807) is 6.92 Å². The van der Waals surface area contributed by atoms with Crippen molar-refractivity contribution in [3.8, 4) is 0 Å². The van der Waals surface area contributed by atoms with Gasteiger partial charge in [0.25, 0.3) is 5.56 Å². The summed E-state index contributed by atoms with van der Waals surface area (Å²) in [5.41, 5.74) is -0.119. The summed E-state index contributed by atoms with van der Waals surface area (Å²) in [7, 11) is 0. The minimum atomic E-state index is -0.119. The number of carbonyl (C=O) groups is 1. The predicted molar refractivity (Wildman–Crippen MR) is 78.0 cm³/mol. The van der Waals surface area contributed by atoms with Gasteiger partial charge in [0.15, 0.2) is 0 Å². The van der Waals surface area contributed by atoms with E-state index < -0.39 is 0 Å². The van der Waals surface area contributed by atoms with E-state index in [1.165, 1.54) is 6.07 Å². The van der Waals surface area contributed by atoms with Crippen LogP contribution in [0.4, 0.5) is 5.82 Å². The summed E-state index contributed by atoms with van der Waals surface area (Å²) in [5, 5.41) is 0. The molecule has 1 aliphatic heterocycles. The molecule has 0 saturated carbocycles. The van der Waals surface area contributed by atoms with Crippen LogP contribution in [-0.2, 0) is 4.79 Å². The maximum absolute atomic E-state index is 11.7. The summed E-state index contributed by atoms with van der Waals surface area (Å²) in [5.74, 6) is 1.71. The molecule has 0 radical (unpaired) electrons. The molecule has 1 amide bonds. The number of hydrogen-bond donors (Lipinski definition) is 1. The van der Waals surface area contributed by atoms with Gasteiger partial charge >= 0.3 is 0 Å². The van der Waals surface area contributed by atoms with Crippen LogP contribution in [-0.4, -0.2) is 47.0 Å². The molecular weight excluding hydrogens is 256 g/mol. The molecular formula is C14H22N4O2. The third-order valence-corrected chi connectivity index (χ3v) is 3.56.